The molecule has 0 aromatic rings. The summed E-state index contributed by atoms with van der Waals surface area (Å²) >= 11 is 2.08. The third kappa shape index (κ3) is 7.82. The average Bonchev–Trinajstić information content (AvgIpc) is 2.57. The molecule has 27 heavy (non-hydrogen) atoms. The molecule has 3 N–H and O–H groups in total. The summed E-state index contributed by atoms with van der Waals surface area (Å²) in [6, 6.07) is 0. The fourth-order valence-corrected chi connectivity index (χ4v) is 6.33. The van der Waals surface area contributed by atoms with E-state index in [1.54, 1.807) is 0 Å². The monoisotopic (exact) mass is 421 g/mol. The summed E-state index contributed by atoms with van der Waals surface area (Å²) in [5, 5.41) is 9.58. The molecule has 5 heterocycles. The number of thioether (sulfide) groups is 1. The molecule has 0 aromatic carbocycles. The predicted octanol–water partition coefficient (Wildman–Crippen LogP) is 1.33. The Morgan fingerprint density at radius 2 is 1.63 bits per heavy atom. The fraction of sp³-hybridized carbons (Fsp3) is 1.00. The third-order valence-corrected chi connectivity index (χ3v) is 9.09. The quantitative estimate of drug-likeness (QED) is 0.589. The minimum absolute atomic E-state index is 0.425. The van der Waals surface area contributed by atoms with Crippen LogP contribution in [0.25, 0.3) is 0 Å². The Morgan fingerprint density at radius 3 is 1.85 bits per heavy atom. The van der Waals surface area contributed by atoms with Gasteiger partial charge in [0.05, 0.1) is 18.2 Å². The van der Waals surface area contributed by atoms with E-state index in [-0.39, 0.29) is 0 Å². The van der Waals surface area contributed by atoms with Crippen LogP contribution in [0.3, 0.4) is 0 Å². The minimum atomic E-state index is -2.65. The first-order valence-corrected chi connectivity index (χ1v) is 13.5. The van der Waals surface area contributed by atoms with Crippen LogP contribution in [0.2, 0.25) is 0 Å². The lowest BCUT2D eigenvalue weighted by Gasteiger charge is -2.49. The fourth-order valence-electron chi connectivity index (χ4n) is 3.61. The highest BCUT2D eigenvalue weighted by Gasteiger charge is 2.42. The molecule has 0 amide bonds. The topological polar surface area (TPSA) is 79.5 Å². The second kappa shape index (κ2) is 12.0. The van der Waals surface area contributed by atoms with E-state index >= 15 is 0 Å². The van der Waals surface area contributed by atoms with Gasteiger partial charge in [0, 0.05) is 36.6 Å². The molecule has 8 heteroatoms. The molecule has 0 unspecified atom stereocenters. The van der Waals surface area contributed by atoms with Crippen LogP contribution in [-0.4, -0.2) is 77.5 Å². The maximum Gasteiger partial charge on any atom is 0.150 e. The Morgan fingerprint density at radius 1 is 0.963 bits per heavy atom. The van der Waals surface area contributed by atoms with E-state index in [2.05, 4.69) is 27.7 Å². The molecule has 1 spiro atoms. The molecular weight excluding hydrogens is 382 g/mol. The van der Waals surface area contributed by atoms with Crippen LogP contribution in [0, 0.1) is 17.3 Å². The lowest BCUT2D eigenvalue weighted by Crippen LogP contribution is -2.60. The minimum Gasteiger partial charge on any atom is -0.366 e. The molecule has 0 aromatic heterocycles. The SMILES string of the molecule is C1CNCOC1.C1NCC12CSC2.CC.O=S1(=O)CCC(C2CNC2)CC1. The summed E-state index contributed by atoms with van der Waals surface area (Å²) in [7, 11) is -2.65. The van der Waals surface area contributed by atoms with E-state index in [0.29, 0.717) is 17.4 Å². The first kappa shape index (κ1) is 23.4. The van der Waals surface area contributed by atoms with Crippen molar-refractivity contribution in [1.82, 2.24) is 16.0 Å². The molecule has 5 fully saturated rings. The summed E-state index contributed by atoms with van der Waals surface area (Å²) in [4.78, 5) is 0. The van der Waals surface area contributed by atoms with Crippen LogP contribution < -0.4 is 16.0 Å². The average molecular weight is 422 g/mol. The van der Waals surface area contributed by atoms with E-state index in [0.717, 1.165) is 57.1 Å². The normalized spacial score (nSPS) is 28.4. The van der Waals surface area contributed by atoms with Gasteiger partial charge in [-0.3, -0.25) is 5.32 Å². The Hall–Kier alpha value is 0.140. The van der Waals surface area contributed by atoms with Gasteiger partial charge in [0.1, 0.15) is 9.84 Å². The highest BCUT2D eigenvalue weighted by molar-refractivity contribution is 8.00. The van der Waals surface area contributed by atoms with Gasteiger partial charge in [0.25, 0.3) is 0 Å². The zero-order chi connectivity index (χ0) is 19.6. The molecule has 5 aliphatic heterocycles. The highest BCUT2D eigenvalue weighted by atomic mass is 32.2. The van der Waals surface area contributed by atoms with E-state index in [4.69, 9.17) is 4.74 Å². The largest absolute Gasteiger partial charge is 0.366 e. The van der Waals surface area contributed by atoms with Gasteiger partial charge in [-0.05, 0) is 50.7 Å². The first-order valence-electron chi connectivity index (χ1n) is 10.6. The molecule has 6 nitrogen and oxygen atoms in total. The number of sulfone groups is 1. The standard InChI is InChI=1S/C8H15NO2S.C5H9NS.C4H9NO.C2H6/c10-12(11)3-1-7(2-4-12)8-5-9-6-8;1-5(2-6-1)3-7-4-5;1-2-5-4-6-3-1;1-2/h7-9H,1-6H2;6H,1-4H2;5H,1-4H2;1-2H3. The molecule has 0 atom stereocenters. The number of ether oxygens (including phenoxy) is 1. The van der Waals surface area contributed by atoms with Gasteiger partial charge in [0.15, 0.2) is 0 Å². The van der Waals surface area contributed by atoms with Gasteiger partial charge < -0.3 is 15.4 Å². The van der Waals surface area contributed by atoms with Gasteiger partial charge >= 0.3 is 0 Å². The Kier molecular flexibility index (Phi) is 10.4. The smallest absolute Gasteiger partial charge is 0.150 e. The molecule has 5 saturated heterocycles. The van der Waals surface area contributed by atoms with Crippen molar-refractivity contribution in [1.29, 1.82) is 0 Å². The zero-order valence-electron chi connectivity index (χ0n) is 17.1. The molecule has 0 radical (unpaired) electrons. The van der Waals surface area contributed by atoms with E-state index < -0.39 is 9.84 Å². The molecular formula is C19H39N3O3S2. The van der Waals surface area contributed by atoms with Crippen molar-refractivity contribution >= 4 is 21.6 Å². The van der Waals surface area contributed by atoms with Crippen molar-refractivity contribution in [3.05, 3.63) is 0 Å². The maximum atomic E-state index is 11.1. The summed E-state index contributed by atoms with van der Waals surface area (Å²) < 4.78 is 27.2. The third-order valence-electron chi connectivity index (χ3n) is 5.74. The van der Waals surface area contributed by atoms with Gasteiger partial charge in [-0.2, -0.15) is 11.8 Å². The highest BCUT2D eigenvalue weighted by Crippen LogP contribution is 2.40. The van der Waals surface area contributed by atoms with Crippen molar-refractivity contribution in [2.45, 2.75) is 33.1 Å². The summed E-state index contributed by atoms with van der Waals surface area (Å²) in [5.74, 6) is 5.12. The van der Waals surface area contributed by atoms with Crippen LogP contribution in [0.15, 0.2) is 0 Å². The van der Waals surface area contributed by atoms with E-state index in [1.165, 1.54) is 31.0 Å². The summed E-state index contributed by atoms with van der Waals surface area (Å²) in [6.07, 6.45) is 2.96. The molecule has 0 bridgehead atoms. The maximum absolute atomic E-state index is 11.1. The molecule has 5 rings (SSSR count). The van der Waals surface area contributed by atoms with Crippen molar-refractivity contribution in [2.24, 2.45) is 17.3 Å². The lowest BCUT2D eigenvalue weighted by atomic mass is 9.83. The van der Waals surface area contributed by atoms with Gasteiger partial charge in [-0.1, -0.05) is 13.8 Å². The Bertz CT molecular complexity index is 459. The summed E-state index contributed by atoms with van der Waals surface area (Å²) in [6.45, 7) is 11.6. The van der Waals surface area contributed by atoms with Crippen LogP contribution in [-0.2, 0) is 14.6 Å². The number of nitrogens with one attached hydrogen (secondary N) is 3. The first-order chi connectivity index (χ1) is 13.1. The predicted molar refractivity (Wildman–Crippen MR) is 115 cm³/mol. The lowest BCUT2D eigenvalue weighted by molar-refractivity contribution is 0.0848. The van der Waals surface area contributed by atoms with Gasteiger partial charge in [-0.25, -0.2) is 8.42 Å². The van der Waals surface area contributed by atoms with Gasteiger partial charge in [-0.15, -0.1) is 0 Å². The summed E-state index contributed by atoms with van der Waals surface area (Å²) in [5.41, 5.74) is 0.796. The zero-order valence-corrected chi connectivity index (χ0v) is 18.7. The molecule has 160 valence electrons. The van der Waals surface area contributed by atoms with Crippen molar-refractivity contribution in [3.8, 4) is 0 Å². The number of hydrogen-bond acceptors (Lipinski definition) is 7. The van der Waals surface area contributed by atoms with Crippen molar-refractivity contribution in [3.63, 3.8) is 0 Å². The number of hydrogen-bond donors (Lipinski definition) is 3. The molecule has 5 aliphatic rings. The number of rotatable bonds is 1. The molecule has 0 saturated carbocycles. The van der Waals surface area contributed by atoms with Crippen LogP contribution in [0.1, 0.15) is 33.1 Å². The van der Waals surface area contributed by atoms with Gasteiger partial charge in [0.2, 0.25) is 0 Å². The Balaban J connectivity index is 0.000000149. The van der Waals surface area contributed by atoms with Crippen molar-refractivity contribution < 1.29 is 13.2 Å². The van der Waals surface area contributed by atoms with Crippen LogP contribution >= 0.6 is 11.8 Å². The second-order valence-electron chi connectivity index (χ2n) is 7.91. The molecule has 0 aliphatic carbocycles. The van der Waals surface area contributed by atoms with E-state index in [9.17, 15) is 8.42 Å². The van der Waals surface area contributed by atoms with E-state index in [1.807, 2.05) is 13.8 Å². The van der Waals surface area contributed by atoms with Crippen LogP contribution in [0.4, 0.5) is 0 Å². The Labute approximate surface area is 170 Å². The second-order valence-corrected chi connectivity index (χ2v) is 11.2. The van der Waals surface area contributed by atoms with Crippen molar-refractivity contribution in [2.75, 3.05) is 69.1 Å². The van der Waals surface area contributed by atoms with Crippen LogP contribution in [0.5, 0.6) is 0 Å².